The van der Waals surface area contributed by atoms with Gasteiger partial charge in [-0.15, -0.1) is 0 Å². The van der Waals surface area contributed by atoms with Crippen LogP contribution in [0.3, 0.4) is 0 Å². The van der Waals surface area contributed by atoms with Crippen molar-refractivity contribution in [2.75, 3.05) is 14.1 Å². The van der Waals surface area contributed by atoms with Crippen LogP contribution in [-0.2, 0) is 14.8 Å². The lowest BCUT2D eigenvalue weighted by atomic mass is 10.3. The summed E-state index contributed by atoms with van der Waals surface area (Å²) in [5.41, 5.74) is 5.71. The quantitative estimate of drug-likeness (QED) is 0.708. The van der Waals surface area contributed by atoms with Crippen LogP contribution in [-0.4, -0.2) is 49.3 Å². The highest BCUT2D eigenvalue weighted by Gasteiger charge is 2.23. The van der Waals surface area contributed by atoms with Crippen molar-refractivity contribution in [2.24, 2.45) is 5.73 Å². The Kier molecular flexibility index (Phi) is 5.15. The fourth-order valence-electron chi connectivity index (χ4n) is 1.42. The molecule has 1 atom stereocenters. The smallest absolute Gasteiger partial charge is 0.242 e. The van der Waals surface area contributed by atoms with Gasteiger partial charge in [-0.1, -0.05) is 12.2 Å². The molecule has 20 heavy (non-hydrogen) atoms. The number of hydrogen-bond donors (Lipinski definition) is 2. The lowest BCUT2D eigenvalue weighted by Crippen LogP contribution is -2.44. The zero-order valence-electron chi connectivity index (χ0n) is 11.3. The number of likely N-dealkylation sites (N-methyl/N-ethyl adjacent to an activating group) is 1. The third kappa shape index (κ3) is 3.95. The number of nitrogens with two attached hydrogens (primary N) is 1. The molecule has 0 aromatic carbocycles. The summed E-state index contributed by atoms with van der Waals surface area (Å²) in [6.07, 6.45) is 1.14. The Bertz CT molecular complexity index is 611. The van der Waals surface area contributed by atoms with E-state index >= 15 is 0 Å². The second kappa shape index (κ2) is 6.25. The van der Waals surface area contributed by atoms with Crippen LogP contribution >= 0.6 is 12.2 Å². The summed E-state index contributed by atoms with van der Waals surface area (Å²) < 4.78 is 26.4. The highest BCUT2D eigenvalue weighted by molar-refractivity contribution is 7.89. The minimum Gasteiger partial charge on any atom is -0.388 e. The molecule has 1 heterocycles. The number of nitrogens with zero attached hydrogens (tertiary/aromatic N) is 2. The van der Waals surface area contributed by atoms with E-state index in [-0.39, 0.29) is 15.8 Å². The van der Waals surface area contributed by atoms with Gasteiger partial charge in [0.05, 0.1) is 11.7 Å². The van der Waals surface area contributed by atoms with Gasteiger partial charge >= 0.3 is 0 Å². The number of hydrogen-bond acceptors (Lipinski definition) is 5. The van der Waals surface area contributed by atoms with Crippen LogP contribution in [0.15, 0.2) is 23.2 Å². The first-order valence-corrected chi connectivity index (χ1v) is 7.53. The number of sulfonamides is 1. The third-order valence-corrected chi connectivity index (χ3v) is 4.18. The van der Waals surface area contributed by atoms with Crippen molar-refractivity contribution >= 4 is 33.1 Å². The van der Waals surface area contributed by atoms with Gasteiger partial charge in [-0.3, -0.25) is 9.78 Å². The van der Waals surface area contributed by atoms with E-state index in [1.54, 1.807) is 14.1 Å². The van der Waals surface area contributed by atoms with Crippen LogP contribution in [0, 0.1) is 0 Å². The first-order chi connectivity index (χ1) is 9.15. The van der Waals surface area contributed by atoms with Crippen molar-refractivity contribution in [2.45, 2.75) is 17.9 Å². The van der Waals surface area contributed by atoms with Gasteiger partial charge < -0.3 is 10.6 Å². The molecule has 0 aliphatic rings. The molecule has 0 saturated heterocycles. The summed E-state index contributed by atoms with van der Waals surface area (Å²) in [7, 11) is -0.730. The molecule has 1 aromatic heterocycles. The molecule has 0 aliphatic heterocycles. The van der Waals surface area contributed by atoms with Crippen LogP contribution in [0.4, 0.5) is 0 Å². The summed E-state index contributed by atoms with van der Waals surface area (Å²) in [6, 6.07) is 1.87. The number of carbonyl (C=O) groups is 1. The molecule has 0 spiro atoms. The van der Waals surface area contributed by atoms with Gasteiger partial charge in [-0.05, 0) is 19.1 Å². The van der Waals surface area contributed by atoms with Crippen LogP contribution in [0.25, 0.3) is 0 Å². The second-order valence-corrected chi connectivity index (χ2v) is 6.47. The predicted molar refractivity (Wildman–Crippen MR) is 78.6 cm³/mol. The molecule has 9 heteroatoms. The highest BCUT2D eigenvalue weighted by atomic mass is 32.2. The van der Waals surface area contributed by atoms with Crippen LogP contribution < -0.4 is 10.5 Å². The Morgan fingerprint density at radius 2 is 2.05 bits per heavy atom. The van der Waals surface area contributed by atoms with E-state index in [1.165, 1.54) is 24.0 Å². The first kappa shape index (κ1) is 16.5. The molecule has 110 valence electrons. The third-order valence-electron chi connectivity index (χ3n) is 2.44. The topological polar surface area (TPSA) is 105 Å². The Morgan fingerprint density at radius 1 is 1.45 bits per heavy atom. The number of rotatable bonds is 5. The molecule has 1 unspecified atom stereocenters. The fourth-order valence-corrected chi connectivity index (χ4v) is 2.69. The van der Waals surface area contributed by atoms with Crippen LogP contribution in [0.5, 0.6) is 0 Å². The molecule has 1 aromatic rings. The van der Waals surface area contributed by atoms with E-state index in [4.69, 9.17) is 18.0 Å². The van der Waals surface area contributed by atoms with Gasteiger partial charge in [0, 0.05) is 20.3 Å². The number of thiocarbonyl (C=S) groups is 1. The maximum Gasteiger partial charge on any atom is 0.242 e. The molecule has 0 radical (unpaired) electrons. The van der Waals surface area contributed by atoms with E-state index in [0.29, 0.717) is 5.69 Å². The molecule has 0 saturated carbocycles. The summed E-state index contributed by atoms with van der Waals surface area (Å²) >= 11 is 4.73. The van der Waals surface area contributed by atoms with Crippen molar-refractivity contribution in [1.29, 1.82) is 0 Å². The lowest BCUT2D eigenvalue weighted by Gasteiger charge is -2.17. The Morgan fingerprint density at radius 3 is 2.45 bits per heavy atom. The number of carbonyl (C=O) groups excluding carboxylic acids is 1. The SMILES string of the molecule is CC(NS(=O)(=O)c1ccc(C(N)=S)nc1)C(=O)N(C)C. The summed E-state index contributed by atoms with van der Waals surface area (Å²) in [6.45, 7) is 1.47. The van der Waals surface area contributed by atoms with Gasteiger partial charge in [-0.2, -0.15) is 4.72 Å². The van der Waals surface area contributed by atoms with E-state index in [0.717, 1.165) is 6.20 Å². The zero-order valence-corrected chi connectivity index (χ0v) is 13.0. The van der Waals surface area contributed by atoms with E-state index in [2.05, 4.69) is 9.71 Å². The van der Waals surface area contributed by atoms with E-state index < -0.39 is 16.1 Å². The summed E-state index contributed by atoms with van der Waals surface area (Å²) in [4.78, 5) is 16.8. The number of aromatic nitrogens is 1. The van der Waals surface area contributed by atoms with Crippen molar-refractivity contribution in [1.82, 2.24) is 14.6 Å². The minimum atomic E-state index is -3.82. The molecule has 0 fully saturated rings. The highest BCUT2D eigenvalue weighted by Crippen LogP contribution is 2.09. The Labute approximate surface area is 123 Å². The first-order valence-electron chi connectivity index (χ1n) is 5.64. The van der Waals surface area contributed by atoms with Gasteiger partial charge in [0.2, 0.25) is 15.9 Å². The maximum atomic E-state index is 12.1. The molecular weight excluding hydrogens is 300 g/mol. The van der Waals surface area contributed by atoms with E-state index in [9.17, 15) is 13.2 Å². The predicted octanol–water partition coefficient (Wildman–Crippen LogP) is -0.529. The lowest BCUT2D eigenvalue weighted by molar-refractivity contribution is -0.130. The number of pyridine rings is 1. The van der Waals surface area contributed by atoms with Crippen LogP contribution in [0.2, 0.25) is 0 Å². The molecular formula is C11H16N4O3S2. The number of amides is 1. The van der Waals surface area contributed by atoms with Gasteiger partial charge in [-0.25, -0.2) is 8.42 Å². The van der Waals surface area contributed by atoms with Gasteiger partial charge in [0.25, 0.3) is 0 Å². The second-order valence-electron chi connectivity index (χ2n) is 4.32. The molecule has 7 nitrogen and oxygen atoms in total. The van der Waals surface area contributed by atoms with Crippen molar-refractivity contribution < 1.29 is 13.2 Å². The van der Waals surface area contributed by atoms with Crippen LogP contribution in [0.1, 0.15) is 12.6 Å². The average molecular weight is 316 g/mol. The van der Waals surface area contributed by atoms with Gasteiger partial charge in [0.1, 0.15) is 9.88 Å². The van der Waals surface area contributed by atoms with Crippen molar-refractivity contribution in [3.8, 4) is 0 Å². The molecule has 1 rings (SSSR count). The maximum absolute atomic E-state index is 12.1. The molecule has 3 N–H and O–H groups in total. The fraction of sp³-hybridized carbons (Fsp3) is 0.364. The molecule has 0 aliphatic carbocycles. The Hall–Kier alpha value is -1.58. The Balaban J connectivity index is 2.94. The van der Waals surface area contributed by atoms with Crippen molar-refractivity contribution in [3.05, 3.63) is 24.0 Å². The largest absolute Gasteiger partial charge is 0.388 e. The monoisotopic (exact) mass is 316 g/mol. The van der Waals surface area contributed by atoms with Crippen molar-refractivity contribution in [3.63, 3.8) is 0 Å². The van der Waals surface area contributed by atoms with Gasteiger partial charge in [0.15, 0.2) is 0 Å². The average Bonchev–Trinajstić information content (AvgIpc) is 2.37. The molecule has 1 amide bonds. The summed E-state index contributed by atoms with van der Waals surface area (Å²) in [5, 5.41) is 0. The zero-order chi connectivity index (χ0) is 15.5. The normalized spacial score (nSPS) is 12.8. The van der Waals surface area contributed by atoms with E-state index in [1.807, 2.05) is 0 Å². The number of nitrogens with one attached hydrogen (secondary N) is 1. The minimum absolute atomic E-state index is 0.0593. The standard InChI is InChI=1S/C11H16N4O3S2/c1-7(11(16)15(2)3)14-20(17,18)8-4-5-9(10(12)19)13-6-8/h4-7,14H,1-3H3,(H2,12,19). The molecule has 0 bridgehead atoms. The summed E-state index contributed by atoms with van der Waals surface area (Å²) in [5.74, 6) is -0.346.